The summed E-state index contributed by atoms with van der Waals surface area (Å²) >= 11 is 0. The molecular formula is C13H18FNO2. The van der Waals surface area contributed by atoms with Crippen molar-refractivity contribution in [2.75, 3.05) is 7.05 Å². The molecule has 4 heteroatoms. The fraction of sp³-hybridized carbons (Fsp3) is 0.462. The molecule has 1 N–H and O–H groups in total. The average Bonchev–Trinajstić information content (AvgIpc) is 2.29. The first-order valence-corrected chi connectivity index (χ1v) is 5.76. The van der Waals surface area contributed by atoms with Gasteiger partial charge in [-0.3, -0.25) is 4.79 Å². The van der Waals surface area contributed by atoms with E-state index in [1.807, 2.05) is 13.8 Å². The van der Waals surface area contributed by atoms with Crippen molar-refractivity contribution in [1.29, 1.82) is 0 Å². The number of aromatic hydroxyl groups is 1. The minimum absolute atomic E-state index is 0.00259. The molecule has 0 aliphatic heterocycles. The number of benzene rings is 1. The van der Waals surface area contributed by atoms with Gasteiger partial charge in [0.2, 0.25) is 0 Å². The van der Waals surface area contributed by atoms with Crippen LogP contribution in [0.5, 0.6) is 5.75 Å². The van der Waals surface area contributed by atoms with Crippen LogP contribution in [0.15, 0.2) is 18.2 Å². The standard InChI is InChI=1S/C13H18FNO2/c1-4-9(5-2)15(3)13(17)11-7-6-10(16)8-12(11)14/h6-9,16H,4-5H2,1-3H3. The third-order valence-corrected chi connectivity index (χ3v) is 2.99. The second kappa shape index (κ2) is 5.66. The molecule has 3 nitrogen and oxygen atoms in total. The first kappa shape index (κ1) is 13.5. The lowest BCUT2D eigenvalue weighted by Crippen LogP contribution is -2.36. The lowest BCUT2D eigenvalue weighted by atomic mass is 10.1. The van der Waals surface area contributed by atoms with E-state index in [0.29, 0.717) is 0 Å². The van der Waals surface area contributed by atoms with Crippen molar-refractivity contribution in [3.8, 4) is 5.75 Å². The van der Waals surface area contributed by atoms with Gasteiger partial charge in [-0.25, -0.2) is 4.39 Å². The van der Waals surface area contributed by atoms with E-state index >= 15 is 0 Å². The Morgan fingerprint density at radius 1 is 1.41 bits per heavy atom. The van der Waals surface area contributed by atoms with E-state index in [-0.39, 0.29) is 23.3 Å². The second-order valence-electron chi connectivity index (χ2n) is 4.05. The van der Waals surface area contributed by atoms with Crippen LogP contribution in [0.4, 0.5) is 4.39 Å². The van der Waals surface area contributed by atoms with E-state index in [4.69, 9.17) is 5.11 Å². The van der Waals surface area contributed by atoms with Crippen LogP contribution in [0.3, 0.4) is 0 Å². The molecule has 0 aliphatic rings. The first-order valence-electron chi connectivity index (χ1n) is 5.76. The molecule has 0 aliphatic carbocycles. The van der Waals surface area contributed by atoms with Crippen LogP contribution in [0.25, 0.3) is 0 Å². The molecule has 94 valence electrons. The van der Waals surface area contributed by atoms with E-state index in [9.17, 15) is 9.18 Å². The van der Waals surface area contributed by atoms with Crippen molar-refractivity contribution in [1.82, 2.24) is 4.90 Å². The zero-order chi connectivity index (χ0) is 13.0. The van der Waals surface area contributed by atoms with E-state index < -0.39 is 5.82 Å². The van der Waals surface area contributed by atoms with Gasteiger partial charge >= 0.3 is 0 Å². The van der Waals surface area contributed by atoms with Gasteiger partial charge < -0.3 is 10.0 Å². The Balaban J connectivity index is 2.96. The molecule has 0 saturated carbocycles. The zero-order valence-electron chi connectivity index (χ0n) is 10.4. The summed E-state index contributed by atoms with van der Waals surface area (Å²) in [6.45, 7) is 3.98. The quantitative estimate of drug-likeness (QED) is 0.877. The van der Waals surface area contributed by atoms with Gasteiger partial charge in [0.25, 0.3) is 5.91 Å². The number of rotatable bonds is 4. The Kier molecular flexibility index (Phi) is 4.49. The normalized spacial score (nSPS) is 10.6. The minimum atomic E-state index is -0.687. The molecule has 1 rings (SSSR count). The van der Waals surface area contributed by atoms with E-state index in [2.05, 4.69) is 0 Å². The van der Waals surface area contributed by atoms with E-state index in [1.54, 1.807) is 11.9 Å². The van der Waals surface area contributed by atoms with Crippen molar-refractivity contribution < 1.29 is 14.3 Å². The van der Waals surface area contributed by atoms with Crippen LogP contribution in [0.2, 0.25) is 0 Å². The van der Waals surface area contributed by atoms with Crippen LogP contribution in [-0.4, -0.2) is 29.0 Å². The van der Waals surface area contributed by atoms with Gasteiger partial charge in [0, 0.05) is 19.2 Å². The van der Waals surface area contributed by atoms with Crippen LogP contribution in [0.1, 0.15) is 37.0 Å². The monoisotopic (exact) mass is 239 g/mol. The SMILES string of the molecule is CCC(CC)N(C)C(=O)c1ccc(O)cc1F. The largest absolute Gasteiger partial charge is 0.508 e. The smallest absolute Gasteiger partial charge is 0.256 e. The Bertz CT molecular complexity index is 402. The summed E-state index contributed by atoms with van der Waals surface area (Å²) in [5, 5.41) is 9.09. The number of hydrogen-bond donors (Lipinski definition) is 1. The van der Waals surface area contributed by atoms with Crippen molar-refractivity contribution in [2.24, 2.45) is 0 Å². The predicted molar refractivity (Wildman–Crippen MR) is 64.5 cm³/mol. The highest BCUT2D eigenvalue weighted by Crippen LogP contribution is 2.18. The summed E-state index contributed by atoms with van der Waals surface area (Å²) in [6, 6.07) is 3.69. The van der Waals surface area contributed by atoms with Crippen molar-refractivity contribution >= 4 is 5.91 Å². The maximum atomic E-state index is 13.5. The van der Waals surface area contributed by atoms with Crippen LogP contribution >= 0.6 is 0 Å². The molecule has 0 unspecified atom stereocenters. The number of phenolic OH excluding ortho intramolecular Hbond substituents is 1. The van der Waals surface area contributed by atoms with E-state index in [0.717, 1.165) is 18.9 Å². The number of carbonyl (C=O) groups is 1. The van der Waals surface area contributed by atoms with Crippen molar-refractivity contribution in [3.05, 3.63) is 29.6 Å². The summed E-state index contributed by atoms with van der Waals surface area (Å²) in [5.74, 6) is -1.21. The third-order valence-electron chi connectivity index (χ3n) is 2.99. The molecule has 0 bridgehead atoms. The van der Waals surface area contributed by atoms with Gasteiger partial charge in [0.15, 0.2) is 0 Å². The third kappa shape index (κ3) is 2.96. The summed E-state index contributed by atoms with van der Waals surface area (Å²) in [7, 11) is 1.67. The number of nitrogens with zero attached hydrogens (tertiary/aromatic N) is 1. The van der Waals surface area contributed by atoms with Gasteiger partial charge in [-0.15, -0.1) is 0 Å². The molecule has 0 fully saturated rings. The number of halogens is 1. The maximum Gasteiger partial charge on any atom is 0.256 e. The van der Waals surface area contributed by atoms with Crippen LogP contribution in [0, 0.1) is 5.82 Å². The number of hydrogen-bond acceptors (Lipinski definition) is 2. The fourth-order valence-corrected chi connectivity index (χ4v) is 1.87. The Morgan fingerprint density at radius 2 is 2.00 bits per heavy atom. The first-order chi connectivity index (χ1) is 8.01. The molecular weight excluding hydrogens is 221 g/mol. The van der Waals surface area contributed by atoms with Crippen molar-refractivity contribution in [3.63, 3.8) is 0 Å². The van der Waals surface area contributed by atoms with Gasteiger partial charge in [-0.05, 0) is 25.0 Å². The van der Waals surface area contributed by atoms with Crippen molar-refractivity contribution in [2.45, 2.75) is 32.7 Å². The summed E-state index contributed by atoms with van der Waals surface area (Å²) in [4.78, 5) is 13.6. The molecule has 17 heavy (non-hydrogen) atoms. The minimum Gasteiger partial charge on any atom is -0.508 e. The highest BCUT2D eigenvalue weighted by Gasteiger charge is 2.21. The number of carbonyl (C=O) groups excluding carboxylic acids is 1. The highest BCUT2D eigenvalue weighted by atomic mass is 19.1. The lowest BCUT2D eigenvalue weighted by Gasteiger charge is -2.26. The Hall–Kier alpha value is -1.58. The molecule has 0 heterocycles. The average molecular weight is 239 g/mol. The molecule has 1 aromatic rings. The molecule has 1 aromatic carbocycles. The lowest BCUT2D eigenvalue weighted by molar-refractivity contribution is 0.0719. The summed E-state index contributed by atoms with van der Waals surface area (Å²) in [6.07, 6.45) is 1.66. The van der Waals surface area contributed by atoms with Crippen LogP contribution in [-0.2, 0) is 0 Å². The maximum absolute atomic E-state index is 13.5. The molecule has 0 aromatic heterocycles. The van der Waals surface area contributed by atoms with Gasteiger partial charge in [0.05, 0.1) is 5.56 Å². The summed E-state index contributed by atoms with van der Waals surface area (Å²) < 4.78 is 13.5. The molecule has 0 atom stereocenters. The molecule has 0 spiro atoms. The Morgan fingerprint density at radius 3 is 2.47 bits per heavy atom. The van der Waals surface area contributed by atoms with Gasteiger partial charge in [-0.1, -0.05) is 13.8 Å². The number of phenols is 1. The zero-order valence-corrected chi connectivity index (χ0v) is 10.4. The number of amides is 1. The van der Waals surface area contributed by atoms with Crippen LogP contribution < -0.4 is 0 Å². The Labute approximate surface area is 101 Å². The fourth-order valence-electron chi connectivity index (χ4n) is 1.87. The molecule has 1 amide bonds. The second-order valence-corrected chi connectivity index (χ2v) is 4.05. The van der Waals surface area contributed by atoms with Gasteiger partial charge in [0.1, 0.15) is 11.6 Å². The van der Waals surface area contributed by atoms with Gasteiger partial charge in [-0.2, -0.15) is 0 Å². The molecule has 0 radical (unpaired) electrons. The molecule has 0 saturated heterocycles. The van der Waals surface area contributed by atoms with E-state index in [1.165, 1.54) is 12.1 Å². The highest BCUT2D eigenvalue weighted by molar-refractivity contribution is 5.94. The predicted octanol–water partition coefficient (Wildman–Crippen LogP) is 2.79. The topological polar surface area (TPSA) is 40.5 Å². The summed E-state index contributed by atoms with van der Waals surface area (Å²) in [5.41, 5.74) is -0.00259.